The number of rotatable bonds is 3. The highest BCUT2D eigenvalue weighted by atomic mass is 16.6. The number of ether oxygens (including phenoxy) is 1. The van der Waals surface area contributed by atoms with Crippen molar-refractivity contribution in [2.45, 2.75) is 38.8 Å². The molecule has 0 aliphatic carbocycles. The maximum atomic E-state index is 12.1. The van der Waals surface area contributed by atoms with E-state index in [0.717, 1.165) is 10.8 Å². The molecule has 0 fully saturated rings. The first-order valence-corrected chi connectivity index (χ1v) is 7.36. The van der Waals surface area contributed by atoms with Crippen LogP contribution in [0.25, 0.3) is 10.8 Å². The lowest BCUT2D eigenvalue weighted by Gasteiger charge is -2.29. The zero-order valence-electron chi connectivity index (χ0n) is 13.7. The largest absolute Gasteiger partial charge is 0.479 e. The summed E-state index contributed by atoms with van der Waals surface area (Å²) >= 11 is 0. The number of fused-ring (bicyclic) bond motifs is 1. The summed E-state index contributed by atoms with van der Waals surface area (Å²) in [6.07, 6.45) is -0.768. The Morgan fingerprint density at radius 1 is 1.00 bits per heavy atom. The lowest BCUT2D eigenvalue weighted by atomic mass is 9.88. The molecule has 1 atom stereocenters. The Morgan fingerprint density at radius 3 is 2.22 bits per heavy atom. The van der Waals surface area contributed by atoms with Crippen molar-refractivity contribution < 1.29 is 19.4 Å². The maximum absolute atomic E-state index is 12.1. The minimum absolute atomic E-state index is 0.508. The summed E-state index contributed by atoms with van der Waals surface area (Å²) in [5.74, 6) is -1.15. The molecule has 2 N–H and O–H groups in total. The van der Waals surface area contributed by atoms with Crippen LogP contribution >= 0.6 is 0 Å². The molecular weight excluding hydrogens is 294 g/mol. The first-order chi connectivity index (χ1) is 10.6. The topological polar surface area (TPSA) is 75.6 Å². The zero-order chi connectivity index (χ0) is 17.3. The number of hydrogen-bond acceptors (Lipinski definition) is 3. The average molecular weight is 315 g/mol. The van der Waals surface area contributed by atoms with Gasteiger partial charge in [0.05, 0.1) is 0 Å². The number of benzene rings is 2. The Kier molecular flexibility index (Phi) is 4.32. The maximum Gasteiger partial charge on any atom is 0.408 e. The van der Waals surface area contributed by atoms with E-state index in [1.165, 1.54) is 6.92 Å². The summed E-state index contributed by atoms with van der Waals surface area (Å²) in [5.41, 5.74) is -1.79. The molecule has 0 heterocycles. The van der Waals surface area contributed by atoms with Crippen LogP contribution in [0.15, 0.2) is 42.5 Å². The molecule has 0 aliphatic heterocycles. The summed E-state index contributed by atoms with van der Waals surface area (Å²) in [4.78, 5) is 24.0. The predicted molar refractivity (Wildman–Crippen MR) is 88.3 cm³/mol. The molecule has 0 spiro atoms. The lowest BCUT2D eigenvalue weighted by Crippen LogP contribution is -2.51. The van der Waals surface area contributed by atoms with E-state index in [-0.39, 0.29) is 0 Å². The third kappa shape index (κ3) is 3.62. The van der Waals surface area contributed by atoms with Crippen molar-refractivity contribution >= 4 is 22.8 Å². The number of alkyl carbamates (subject to hydrolysis) is 1. The molecule has 1 amide bonds. The zero-order valence-corrected chi connectivity index (χ0v) is 13.7. The molecule has 23 heavy (non-hydrogen) atoms. The van der Waals surface area contributed by atoms with Crippen LogP contribution in [0.3, 0.4) is 0 Å². The van der Waals surface area contributed by atoms with Crippen LogP contribution in [-0.2, 0) is 15.1 Å². The molecule has 0 saturated heterocycles. The standard InChI is InChI=1S/C18H21NO4/c1-17(2,3)23-16(22)19-18(4,15(20)21)14-11-7-9-12-8-5-6-10-13(12)14/h5-11H,1-4H3,(H,19,22)(H,20,21). The molecule has 0 saturated carbocycles. The van der Waals surface area contributed by atoms with Crippen molar-refractivity contribution in [2.24, 2.45) is 0 Å². The molecule has 0 bridgehead atoms. The molecule has 5 heteroatoms. The summed E-state index contributed by atoms with van der Waals surface area (Å²) in [6.45, 7) is 6.63. The van der Waals surface area contributed by atoms with Crippen molar-refractivity contribution in [2.75, 3.05) is 0 Å². The van der Waals surface area contributed by atoms with E-state index in [9.17, 15) is 14.7 Å². The van der Waals surface area contributed by atoms with E-state index in [0.29, 0.717) is 5.56 Å². The van der Waals surface area contributed by atoms with Gasteiger partial charge in [0.15, 0.2) is 5.54 Å². The summed E-state index contributed by atoms with van der Waals surface area (Å²) < 4.78 is 5.20. The second-order valence-corrected chi connectivity index (χ2v) is 6.58. The van der Waals surface area contributed by atoms with Gasteiger partial charge in [0.2, 0.25) is 0 Å². The van der Waals surface area contributed by atoms with Crippen molar-refractivity contribution in [3.63, 3.8) is 0 Å². The number of carbonyl (C=O) groups excluding carboxylic acids is 1. The fourth-order valence-corrected chi connectivity index (χ4v) is 2.41. The number of aliphatic carboxylic acids is 1. The summed E-state index contributed by atoms with van der Waals surface area (Å²) in [7, 11) is 0. The van der Waals surface area contributed by atoms with Crippen molar-refractivity contribution in [1.29, 1.82) is 0 Å². The highest BCUT2D eigenvalue weighted by Crippen LogP contribution is 2.29. The van der Waals surface area contributed by atoms with Gasteiger partial charge in [-0.25, -0.2) is 9.59 Å². The van der Waals surface area contributed by atoms with Crippen LogP contribution in [0.1, 0.15) is 33.3 Å². The van der Waals surface area contributed by atoms with E-state index in [1.54, 1.807) is 32.9 Å². The number of carbonyl (C=O) groups is 2. The van der Waals surface area contributed by atoms with Gasteiger partial charge in [0, 0.05) is 0 Å². The predicted octanol–water partition coefficient (Wildman–Crippen LogP) is 3.66. The number of hydrogen-bond donors (Lipinski definition) is 2. The van der Waals surface area contributed by atoms with E-state index in [2.05, 4.69) is 5.32 Å². The molecule has 2 aromatic carbocycles. The molecule has 122 valence electrons. The van der Waals surface area contributed by atoms with Crippen molar-refractivity contribution in [3.8, 4) is 0 Å². The van der Waals surface area contributed by atoms with Gasteiger partial charge in [-0.1, -0.05) is 42.5 Å². The molecule has 1 unspecified atom stereocenters. The van der Waals surface area contributed by atoms with Gasteiger partial charge < -0.3 is 15.2 Å². The normalized spacial score (nSPS) is 14.1. The Morgan fingerprint density at radius 2 is 1.61 bits per heavy atom. The molecule has 5 nitrogen and oxygen atoms in total. The van der Waals surface area contributed by atoms with E-state index in [4.69, 9.17) is 4.74 Å². The highest BCUT2D eigenvalue weighted by molar-refractivity contribution is 5.94. The van der Waals surface area contributed by atoms with Gasteiger partial charge in [-0.2, -0.15) is 0 Å². The molecule has 0 aromatic heterocycles. The van der Waals surface area contributed by atoms with Crippen molar-refractivity contribution in [1.82, 2.24) is 5.32 Å². The van der Waals surface area contributed by atoms with Gasteiger partial charge in [-0.15, -0.1) is 0 Å². The molecular formula is C18H21NO4. The van der Waals surface area contributed by atoms with E-state index < -0.39 is 23.2 Å². The Labute approximate surface area is 135 Å². The SMILES string of the molecule is CC(C)(C)OC(=O)NC(C)(C(=O)O)c1cccc2ccccc12. The van der Waals surface area contributed by atoms with Crippen LogP contribution in [0.2, 0.25) is 0 Å². The van der Waals surface area contributed by atoms with Gasteiger partial charge in [0.25, 0.3) is 0 Å². The second kappa shape index (κ2) is 5.91. The minimum atomic E-state index is -1.59. The van der Waals surface area contributed by atoms with Gasteiger partial charge in [-0.05, 0) is 44.0 Å². The molecule has 0 radical (unpaired) electrons. The average Bonchev–Trinajstić information content (AvgIpc) is 2.44. The minimum Gasteiger partial charge on any atom is -0.479 e. The first kappa shape index (κ1) is 16.8. The fraction of sp³-hybridized carbons (Fsp3) is 0.333. The third-order valence-corrected chi connectivity index (χ3v) is 3.51. The second-order valence-electron chi connectivity index (χ2n) is 6.58. The number of carboxylic acid groups (broad SMARTS) is 1. The van der Waals surface area contributed by atoms with Crippen LogP contribution in [0.4, 0.5) is 4.79 Å². The van der Waals surface area contributed by atoms with Gasteiger partial charge in [-0.3, -0.25) is 0 Å². The van der Waals surface area contributed by atoms with E-state index >= 15 is 0 Å². The highest BCUT2D eigenvalue weighted by Gasteiger charge is 2.39. The molecule has 2 aromatic rings. The number of nitrogens with one attached hydrogen (secondary N) is 1. The Balaban J connectivity index is 2.48. The molecule has 2 rings (SSSR count). The van der Waals surface area contributed by atoms with Crippen LogP contribution in [0, 0.1) is 0 Å². The smallest absolute Gasteiger partial charge is 0.408 e. The Hall–Kier alpha value is -2.56. The van der Waals surface area contributed by atoms with Gasteiger partial charge in [0.1, 0.15) is 5.60 Å². The monoisotopic (exact) mass is 315 g/mol. The van der Waals surface area contributed by atoms with Crippen LogP contribution < -0.4 is 5.32 Å². The third-order valence-electron chi connectivity index (χ3n) is 3.51. The van der Waals surface area contributed by atoms with Crippen LogP contribution in [-0.4, -0.2) is 22.8 Å². The molecule has 0 aliphatic rings. The first-order valence-electron chi connectivity index (χ1n) is 7.36. The number of amides is 1. The fourth-order valence-electron chi connectivity index (χ4n) is 2.41. The Bertz CT molecular complexity index is 743. The van der Waals surface area contributed by atoms with Crippen molar-refractivity contribution in [3.05, 3.63) is 48.0 Å². The van der Waals surface area contributed by atoms with Crippen LogP contribution in [0.5, 0.6) is 0 Å². The lowest BCUT2D eigenvalue weighted by molar-refractivity contribution is -0.144. The number of carboxylic acids is 1. The quantitative estimate of drug-likeness (QED) is 0.906. The summed E-state index contributed by atoms with van der Waals surface area (Å²) in [6, 6.07) is 12.8. The van der Waals surface area contributed by atoms with Gasteiger partial charge >= 0.3 is 12.1 Å². The van der Waals surface area contributed by atoms with E-state index in [1.807, 2.05) is 30.3 Å². The summed E-state index contributed by atoms with van der Waals surface area (Å²) in [5, 5.41) is 13.9.